The Hall–Kier alpha value is -1.44. The van der Waals surface area contributed by atoms with Crippen LogP contribution in [0, 0.1) is 4.91 Å². The van der Waals surface area contributed by atoms with E-state index in [1.54, 1.807) is 0 Å². The molecule has 0 spiro atoms. The molecule has 7 nitrogen and oxygen atoms in total. The molecule has 0 bridgehead atoms. The zero-order valence-electron chi connectivity index (χ0n) is 7.61. The Balaban J connectivity index is 3.47. The lowest BCUT2D eigenvalue weighted by Gasteiger charge is -2.06. The average Bonchev–Trinajstić information content (AvgIpc) is 2.26. The molecule has 0 radical (unpaired) electrons. The number of rotatable bonds is 3. The lowest BCUT2D eigenvalue weighted by Crippen LogP contribution is -2.11. The van der Waals surface area contributed by atoms with Crippen LogP contribution in [0.4, 0.5) is 0 Å². The molecule has 0 unspecified atom stereocenters. The second-order valence-electron chi connectivity index (χ2n) is 2.51. The minimum Gasteiger partial charge on any atom is -0.476 e. The first-order chi connectivity index (χ1) is 7.90. The van der Waals surface area contributed by atoms with Crippen molar-refractivity contribution in [3.05, 3.63) is 31.4 Å². The number of aromatic carboxylic acids is 1. The number of aromatic nitrogens is 1. The van der Waals surface area contributed by atoms with Gasteiger partial charge in [-0.3, -0.25) is 4.84 Å². The van der Waals surface area contributed by atoms with Crippen molar-refractivity contribution in [1.82, 2.24) is 4.98 Å². The lowest BCUT2D eigenvalue weighted by atomic mass is 10.3. The van der Waals surface area contributed by atoms with E-state index in [0.29, 0.717) is 0 Å². The molecule has 1 aromatic heterocycles. The summed E-state index contributed by atoms with van der Waals surface area (Å²) in [5.74, 6) is -2.87. The molecule has 0 fully saturated rings. The Kier molecular flexibility index (Phi) is 4.22. The molecule has 0 aliphatic heterocycles. The van der Waals surface area contributed by atoms with E-state index in [0.717, 1.165) is 0 Å². The number of carboxylic acid groups (broad SMARTS) is 1. The average molecular weight is 299 g/mol. The summed E-state index contributed by atoms with van der Waals surface area (Å²) in [7, 11) is 0. The summed E-state index contributed by atoms with van der Waals surface area (Å²) in [6, 6.07) is 0. The highest BCUT2D eigenvalue weighted by atomic mass is 35.5. The standard InChI is InChI=1S/C7HCl3N2O5/c8-1-2(9)4(6(13)14)11-5(3(1)10)7(15)17-12-16/h(H,13,14). The van der Waals surface area contributed by atoms with Crippen molar-refractivity contribution >= 4 is 46.7 Å². The molecule has 1 heterocycles. The third kappa shape index (κ3) is 2.63. The minimum absolute atomic E-state index is 0.390. The van der Waals surface area contributed by atoms with Crippen LogP contribution in [0.3, 0.4) is 0 Å². The summed E-state index contributed by atoms with van der Waals surface area (Å²) in [6.45, 7) is 0. The van der Waals surface area contributed by atoms with Gasteiger partial charge in [0.15, 0.2) is 16.7 Å². The van der Waals surface area contributed by atoms with Crippen LogP contribution < -0.4 is 0 Å². The van der Waals surface area contributed by atoms with Crippen molar-refractivity contribution in [3.8, 4) is 0 Å². The van der Waals surface area contributed by atoms with E-state index >= 15 is 0 Å². The molecule has 1 N–H and O–H groups in total. The molecule has 0 saturated carbocycles. The minimum atomic E-state index is -1.53. The van der Waals surface area contributed by atoms with E-state index < -0.39 is 38.4 Å². The molecule has 0 aliphatic carbocycles. The lowest BCUT2D eigenvalue weighted by molar-refractivity contribution is 0.0501. The molecule has 0 atom stereocenters. The molecule has 17 heavy (non-hydrogen) atoms. The van der Waals surface area contributed by atoms with E-state index in [-0.39, 0.29) is 0 Å². The Morgan fingerprint density at radius 1 is 1.12 bits per heavy atom. The molecule has 0 saturated heterocycles. The van der Waals surface area contributed by atoms with E-state index in [2.05, 4.69) is 9.82 Å². The first-order valence-electron chi connectivity index (χ1n) is 3.72. The van der Waals surface area contributed by atoms with Crippen LogP contribution in [0.2, 0.25) is 15.1 Å². The fourth-order valence-electron chi connectivity index (χ4n) is 0.868. The van der Waals surface area contributed by atoms with Gasteiger partial charge in [-0.05, 0) is 0 Å². The quantitative estimate of drug-likeness (QED) is 0.679. The van der Waals surface area contributed by atoms with E-state index in [9.17, 15) is 14.5 Å². The molecule has 10 heteroatoms. The highest BCUT2D eigenvalue weighted by Gasteiger charge is 2.25. The summed E-state index contributed by atoms with van der Waals surface area (Å²) in [4.78, 5) is 38.7. The smallest absolute Gasteiger partial charge is 0.389 e. The van der Waals surface area contributed by atoms with Crippen LogP contribution in [-0.4, -0.2) is 22.0 Å². The van der Waals surface area contributed by atoms with Gasteiger partial charge in [-0.2, -0.15) is 0 Å². The Morgan fingerprint density at radius 3 is 2.12 bits per heavy atom. The van der Waals surface area contributed by atoms with Gasteiger partial charge in [0.25, 0.3) is 0 Å². The van der Waals surface area contributed by atoms with Crippen molar-refractivity contribution in [1.29, 1.82) is 0 Å². The van der Waals surface area contributed by atoms with Gasteiger partial charge in [-0.15, -0.1) is 4.91 Å². The maximum Gasteiger partial charge on any atom is 0.389 e. The van der Waals surface area contributed by atoms with E-state index in [4.69, 9.17) is 39.9 Å². The maximum absolute atomic E-state index is 11.1. The Labute approximate surface area is 108 Å². The topological polar surface area (TPSA) is 106 Å². The zero-order chi connectivity index (χ0) is 13.2. The Bertz CT molecular complexity index is 519. The monoisotopic (exact) mass is 298 g/mol. The molecular formula is C7HCl3N2O5. The summed E-state index contributed by atoms with van der Waals surface area (Å²) < 4.78 is 0. The fraction of sp³-hybridized carbons (Fsp3) is 0. The molecule has 1 aromatic rings. The predicted octanol–water partition coefficient (Wildman–Crippen LogP) is 2.58. The number of halogens is 3. The number of carboxylic acids is 1. The third-order valence-electron chi connectivity index (χ3n) is 1.54. The second-order valence-corrected chi connectivity index (χ2v) is 3.64. The van der Waals surface area contributed by atoms with Gasteiger partial charge in [0.1, 0.15) is 0 Å². The number of nitrogens with zero attached hydrogens (tertiary/aromatic N) is 2. The summed E-state index contributed by atoms with van der Waals surface area (Å²) in [6.07, 6.45) is 0. The van der Waals surface area contributed by atoms with Gasteiger partial charge in [-0.1, -0.05) is 34.8 Å². The molecular weight excluding hydrogens is 298 g/mol. The molecule has 0 amide bonds. The van der Waals surface area contributed by atoms with Crippen LogP contribution in [0.25, 0.3) is 0 Å². The van der Waals surface area contributed by atoms with Gasteiger partial charge in [-0.25, -0.2) is 14.6 Å². The van der Waals surface area contributed by atoms with E-state index in [1.165, 1.54) is 0 Å². The van der Waals surface area contributed by atoms with Crippen LogP contribution in [-0.2, 0) is 4.84 Å². The third-order valence-corrected chi connectivity index (χ3v) is 2.85. The molecule has 0 aromatic carbocycles. The summed E-state index contributed by atoms with van der Waals surface area (Å²) >= 11 is 16.7. The SMILES string of the molecule is O=NOC(=O)c1nc(C(=O)O)c(Cl)c(Cl)c1Cl. The Morgan fingerprint density at radius 2 is 1.65 bits per heavy atom. The van der Waals surface area contributed by atoms with Gasteiger partial charge in [0, 0.05) is 0 Å². The summed E-state index contributed by atoms with van der Waals surface area (Å²) in [5, 5.41) is 9.33. The highest BCUT2D eigenvalue weighted by molar-refractivity contribution is 6.49. The number of carbonyl (C=O) groups excluding carboxylic acids is 1. The molecule has 0 aliphatic rings. The van der Waals surface area contributed by atoms with Gasteiger partial charge >= 0.3 is 11.9 Å². The maximum atomic E-state index is 11.1. The number of hydrogen-bond acceptors (Lipinski definition) is 6. The van der Waals surface area contributed by atoms with Crippen molar-refractivity contribution in [2.24, 2.45) is 5.34 Å². The van der Waals surface area contributed by atoms with E-state index in [1.807, 2.05) is 5.34 Å². The normalized spacial score (nSPS) is 9.82. The van der Waals surface area contributed by atoms with Crippen molar-refractivity contribution in [2.45, 2.75) is 0 Å². The van der Waals surface area contributed by atoms with Crippen molar-refractivity contribution in [2.75, 3.05) is 0 Å². The first kappa shape index (κ1) is 13.6. The van der Waals surface area contributed by atoms with Crippen LogP contribution in [0.1, 0.15) is 21.0 Å². The zero-order valence-corrected chi connectivity index (χ0v) is 9.88. The van der Waals surface area contributed by atoms with Gasteiger partial charge < -0.3 is 5.11 Å². The number of hydrogen-bond donors (Lipinski definition) is 1. The molecule has 1 rings (SSSR count). The van der Waals surface area contributed by atoms with Crippen molar-refractivity contribution in [3.63, 3.8) is 0 Å². The largest absolute Gasteiger partial charge is 0.476 e. The van der Waals surface area contributed by atoms with Crippen LogP contribution in [0.5, 0.6) is 0 Å². The highest BCUT2D eigenvalue weighted by Crippen LogP contribution is 2.34. The van der Waals surface area contributed by atoms with Crippen molar-refractivity contribution < 1.29 is 19.5 Å². The van der Waals surface area contributed by atoms with Gasteiger partial charge in [0.05, 0.1) is 15.1 Å². The summed E-state index contributed by atoms with van der Waals surface area (Å²) in [5.41, 5.74) is -1.36. The number of pyridine rings is 1. The first-order valence-corrected chi connectivity index (χ1v) is 4.85. The van der Waals surface area contributed by atoms with Crippen LogP contribution >= 0.6 is 34.8 Å². The molecule has 90 valence electrons. The predicted molar refractivity (Wildman–Crippen MR) is 57.4 cm³/mol. The second kappa shape index (κ2) is 5.26. The number of carbonyl (C=O) groups is 2. The van der Waals surface area contributed by atoms with Crippen LogP contribution in [0.15, 0.2) is 5.34 Å². The fourth-order valence-corrected chi connectivity index (χ4v) is 1.53. The van der Waals surface area contributed by atoms with Gasteiger partial charge in [0.2, 0.25) is 0 Å².